The molecule has 18 heavy (non-hydrogen) atoms. The minimum Gasteiger partial charge on any atom is -0.378 e. The quantitative estimate of drug-likeness (QED) is 0.841. The van der Waals surface area contributed by atoms with Crippen molar-refractivity contribution in [1.82, 2.24) is 10.6 Å². The molecule has 1 aliphatic heterocycles. The molecule has 98 valence electrons. The summed E-state index contributed by atoms with van der Waals surface area (Å²) >= 11 is 0. The van der Waals surface area contributed by atoms with Crippen molar-refractivity contribution in [3.8, 4) is 0 Å². The van der Waals surface area contributed by atoms with Crippen molar-refractivity contribution in [2.75, 3.05) is 32.1 Å². The maximum atomic E-state index is 3.73. The maximum absolute atomic E-state index is 3.73. The van der Waals surface area contributed by atoms with E-state index in [1.807, 2.05) is 0 Å². The third-order valence-electron chi connectivity index (χ3n) is 4.43. The van der Waals surface area contributed by atoms with Crippen molar-refractivity contribution in [3.05, 3.63) is 29.8 Å². The van der Waals surface area contributed by atoms with Gasteiger partial charge in [-0.15, -0.1) is 0 Å². The summed E-state index contributed by atoms with van der Waals surface area (Å²) in [6.07, 6.45) is 1.42. The van der Waals surface area contributed by atoms with E-state index in [2.05, 4.69) is 53.9 Å². The van der Waals surface area contributed by atoms with Crippen LogP contribution in [0.25, 0.3) is 0 Å². The highest BCUT2D eigenvalue weighted by molar-refractivity contribution is 5.45. The number of fused-ring (bicyclic) bond motifs is 2. The molecule has 0 spiro atoms. The van der Waals surface area contributed by atoms with E-state index in [4.69, 9.17) is 0 Å². The Morgan fingerprint density at radius 3 is 2.39 bits per heavy atom. The Balaban J connectivity index is 1.54. The Hall–Kier alpha value is -1.06. The highest BCUT2D eigenvalue weighted by Gasteiger charge is 2.42. The fourth-order valence-corrected chi connectivity index (χ4v) is 3.23. The molecule has 2 bridgehead atoms. The Bertz CT molecular complexity index is 385. The third kappa shape index (κ3) is 2.25. The molecule has 3 heteroatoms. The smallest absolute Gasteiger partial charge is 0.0361 e. The Kier molecular flexibility index (Phi) is 3.27. The van der Waals surface area contributed by atoms with Crippen molar-refractivity contribution >= 4 is 5.69 Å². The number of hydrogen-bond acceptors (Lipinski definition) is 3. The number of anilines is 1. The highest BCUT2D eigenvalue weighted by atomic mass is 15.1. The van der Waals surface area contributed by atoms with Gasteiger partial charge in [-0.3, -0.25) is 0 Å². The lowest BCUT2D eigenvalue weighted by molar-refractivity contribution is 0.0657. The Morgan fingerprint density at radius 2 is 1.83 bits per heavy atom. The standard InChI is InChI=1S/C15H23N3/c1-18(2)14-5-3-11(4-6-14)8-17-15-12-7-13(15)10-16-9-12/h3-6,12-13,15-17H,7-10H2,1-2H3/t12-,13+,15?. The zero-order chi connectivity index (χ0) is 12.5. The van der Waals surface area contributed by atoms with Crippen molar-refractivity contribution in [2.24, 2.45) is 11.8 Å². The van der Waals surface area contributed by atoms with Gasteiger partial charge in [0, 0.05) is 32.4 Å². The molecule has 0 radical (unpaired) electrons. The molecule has 1 saturated heterocycles. The van der Waals surface area contributed by atoms with Gasteiger partial charge in [0.15, 0.2) is 0 Å². The molecule has 1 aromatic carbocycles. The van der Waals surface area contributed by atoms with Gasteiger partial charge < -0.3 is 15.5 Å². The van der Waals surface area contributed by atoms with E-state index in [1.165, 1.54) is 30.8 Å². The summed E-state index contributed by atoms with van der Waals surface area (Å²) in [7, 11) is 4.16. The minimum absolute atomic E-state index is 0.750. The van der Waals surface area contributed by atoms with Crippen LogP contribution in [0.15, 0.2) is 24.3 Å². The SMILES string of the molecule is CN(C)c1ccc(CNC2[C@@H]3CNC[C@H]2C3)cc1. The molecule has 2 N–H and O–H groups in total. The number of nitrogens with one attached hydrogen (secondary N) is 2. The van der Waals surface area contributed by atoms with Gasteiger partial charge in [-0.25, -0.2) is 0 Å². The number of nitrogens with zero attached hydrogens (tertiary/aromatic N) is 1. The summed E-state index contributed by atoms with van der Waals surface area (Å²) in [5, 5.41) is 7.22. The second-order valence-electron chi connectivity index (χ2n) is 5.88. The molecule has 3 atom stereocenters. The summed E-state index contributed by atoms with van der Waals surface area (Å²) in [4.78, 5) is 2.14. The van der Waals surface area contributed by atoms with Crippen LogP contribution in [0.2, 0.25) is 0 Å². The number of hydrogen-bond donors (Lipinski definition) is 2. The number of rotatable bonds is 4. The first kappa shape index (κ1) is 12.0. The topological polar surface area (TPSA) is 27.3 Å². The molecular weight excluding hydrogens is 222 g/mol. The van der Waals surface area contributed by atoms with Gasteiger partial charge in [0.05, 0.1) is 0 Å². The molecule has 1 aliphatic carbocycles. The van der Waals surface area contributed by atoms with E-state index in [0.29, 0.717) is 0 Å². The first-order chi connectivity index (χ1) is 8.74. The van der Waals surface area contributed by atoms with Crippen LogP contribution in [0.5, 0.6) is 0 Å². The normalized spacial score (nSPS) is 29.8. The van der Waals surface area contributed by atoms with E-state index >= 15 is 0 Å². The molecule has 2 aliphatic rings. The monoisotopic (exact) mass is 245 g/mol. The number of benzene rings is 1. The zero-order valence-corrected chi connectivity index (χ0v) is 11.3. The highest BCUT2D eigenvalue weighted by Crippen LogP contribution is 2.36. The Labute approximate surface area is 110 Å². The molecule has 1 aromatic rings. The van der Waals surface area contributed by atoms with Crippen molar-refractivity contribution in [1.29, 1.82) is 0 Å². The number of piperidine rings is 2. The molecule has 2 fully saturated rings. The molecule has 3 nitrogen and oxygen atoms in total. The fourth-order valence-electron chi connectivity index (χ4n) is 3.23. The zero-order valence-electron chi connectivity index (χ0n) is 11.3. The van der Waals surface area contributed by atoms with E-state index < -0.39 is 0 Å². The van der Waals surface area contributed by atoms with Crippen LogP contribution in [0.4, 0.5) is 5.69 Å². The lowest BCUT2D eigenvalue weighted by Crippen LogP contribution is -2.62. The van der Waals surface area contributed by atoms with Crippen molar-refractivity contribution in [3.63, 3.8) is 0 Å². The summed E-state index contributed by atoms with van der Waals surface area (Å²) < 4.78 is 0. The van der Waals surface area contributed by atoms with Gasteiger partial charge in [-0.2, -0.15) is 0 Å². The maximum Gasteiger partial charge on any atom is 0.0361 e. The fraction of sp³-hybridized carbons (Fsp3) is 0.600. The van der Waals surface area contributed by atoms with Crippen molar-refractivity contribution < 1.29 is 0 Å². The first-order valence-corrected chi connectivity index (χ1v) is 6.94. The van der Waals surface area contributed by atoms with Crippen LogP contribution in [0, 0.1) is 11.8 Å². The molecular formula is C15H23N3. The van der Waals surface area contributed by atoms with Crippen LogP contribution in [-0.4, -0.2) is 33.2 Å². The second-order valence-corrected chi connectivity index (χ2v) is 5.88. The average Bonchev–Trinajstić information content (AvgIpc) is 2.40. The van der Waals surface area contributed by atoms with E-state index in [-0.39, 0.29) is 0 Å². The lowest BCUT2D eigenvalue weighted by atomic mass is 9.67. The third-order valence-corrected chi connectivity index (χ3v) is 4.43. The first-order valence-electron chi connectivity index (χ1n) is 6.94. The molecule has 1 unspecified atom stereocenters. The predicted molar refractivity (Wildman–Crippen MR) is 75.9 cm³/mol. The predicted octanol–water partition coefficient (Wildman–Crippen LogP) is 1.45. The van der Waals surface area contributed by atoms with E-state index in [9.17, 15) is 0 Å². The molecule has 0 aromatic heterocycles. The molecule has 1 heterocycles. The van der Waals surface area contributed by atoms with Crippen LogP contribution in [-0.2, 0) is 6.54 Å². The van der Waals surface area contributed by atoms with Crippen LogP contribution >= 0.6 is 0 Å². The van der Waals surface area contributed by atoms with Crippen LogP contribution < -0.4 is 15.5 Å². The summed E-state index contributed by atoms with van der Waals surface area (Å²) in [6, 6.07) is 9.60. The molecule has 3 rings (SSSR count). The van der Waals surface area contributed by atoms with Gasteiger partial charge in [0.2, 0.25) is 0 Å². The Morgan fingerprint density at radius 1 is 1.17 bits per heavy atom. The average molecular weight is 245 g/mol. The second kappa shape index (κ2) is 4.90. The lowest BCUT2D eigenvalue weighted by Gasteiger charge is -2.50. The van der Waals surface area contributed by atoms with Gasteiger partial charge in [-0.1, -0.05) is 12.1 Å². The van der Waals surface area contributed by atoms with Crippen LogP contribution in [0.1, 0.15) is 12.0 Å². The van der Waals surface area contributed by atoms with E-state index in [0.717, 1.165) is 24.4 Å². The molecule has 0 amide bonds. The van der Waals surface area contributed by atoms with E-state index in [1.54, 1.807) is 0 Å². The summed E-state index contributed by atoms with van der Waals surface area (Å²) in [5.74, 6) is 1.73. The summed E-state index contributed by atoms with van der Waals surface area (Å²) in [6.45, 7) is 3.41. The largest absolute Gasteiger partial charge is 0.378 e. The van der Waals surface area contributed by atoms with Gasteiger partial charge in [0.1, 0.15) is 0 Å². The van der Waals surface area contributed by atoms with Gasteiger partial charge in [0.25, 0.3) is 0 Å². The minimum atomic E-state index is 0.750. The van der Waals surface area contributed by atoms with Crippen molar-refractivity contribution in [2.45, 2.75) is 19.0 Å². The van der Waals surface area contributed by atoms with Gasteiger partial charge >= 0.3 is 0 Å². The van der Waals surface area contributed by atoms with Gasteiger partial charge in [-0.05, 0) is 49.0 Å². The summed E-state index contributed by atoms with van der Waals surface area (Å²) in [5.41, 5.74) is 2.65. The molecule has 1 saturated carbocycles. The van der Waals surface area contributed by atoms with Crippen LogP contribution in [0.3, 0.4) is 0 Å².